The van der Waals surface area contributed by atoms with Gasteiger partial charge in [0.25, 0.3) is 5.91 Å². The molecular formula is C14H15Cl3FN3O2S. The van der Waals surface area contributed by atoms with Crippen LogP contribution in [0.3, 0.4) is 0 Å². The quantitative estimate of drug-likeness (QED) is 0.676. The molecule has 0 fully saturated rings. The molecule has 0 aliphatic rings. The summed E-state index contributed by atoms with van der Waals surface area (Å²) in [4.78, 5) is 17.8. The molecule has 0 radical (unpaired) electrons. The van der Waals surface area contributed by atoms with E-state index in [1.165, 1.54) is 14.2 Å². The van der Waals surface area contributed by atoms with Gasteiger partial charge in [-0.15, -0.1) is 11.3 Å². The van der Waals surface area contributed by atoms with Crippen molar-refractivity contribution in [2.75, 3.05) is 7.11 Å². The van der Waals surface area contributed by atoms with Crippen molar-refractivity contribution in [3.63, 3.8) is 0 Å². The van der Waals surface area contributed by atoms with Crippen molar-refractivity contribution in [3.8, 4) is 0 Å². The first-order valence-corrected chi connectivity index (χ1v) is 8.82. The normalized spacial score (nSPS) is 12.5. The lowest BCUT2D eigenvalue weighted by atomic mass is 10.1. The lowest BCUT2D eigenvalue weighted by Crippen LogP contribution is -2.39. The number of nitrogens with zero attached hydrogens (tertiary/aromatic N) is 3. The maximum absolute atomic E-state index is 14.1. The molecule has 24 heavy (non-hydrogen) atoms. The van der Waals surface area contributed by atoms with E-state index in [2.05, 4.69) is 5.10 Å². The Hall–Kier alpha value is -0.860. The highest BCUT2D eigenvalue weighted by Crippen LogP contribution is 2.41. The van der Waals surface area contributed by atoms with E-state index in [0.29, 0.717) is 25.7 Å². The van der Waals surface area contributed by atoms with Crippen molar-refractivity contribution < 1.29 is 14.0 Å². The number of thiophene rings is 1. The van der Waals surface area contributed by atoms with E-state index in [0.717, 1.165) is 21.1 Å². The Labute approximate surface area is 157 Å². The molecular weight excluding hydrogens is 400 g/mol. The minimum absolute atomic E-state index is 0.133. The minimum atomic E-state index is -0.721. The molecule has 2 aromatic heterocycles. The fraction of sp³-hybridized carbons (Fsp3) is 0.429. The van der Waals surface area contributed by atoms with Gasteiger partial charge >= 0.3 is 0 Å². The summed E-state index contributed by atoms with van der Waals surface area (Å²) in [6, 6.07) is -0.456. The Bertz CT molecular complexity index is 778. The van der Waals surface area contributed by atoms with Crippen LogP contribution in [0.5, 0.6) is 0 Å². The van der Waals surface area contributed by atoms with E-state index < -0.39 is 17.9 Å². The molecule has 10 heteroatoms. The Morgan fingerprint density at radius 1 is 1.42 bits per heavy atom. The van der Waals surface area contributed by atoms with Crippen LogP contribution < -0.4 is 0 Å². The highest BCUT2D eigenvalue weighted by Gasteiger charge is 2.30. The average Bonchev–Trinajstić information content (AvgIpc) is 2.89. The third-order valence-corrected chi connectivity index (χ3v) is 5.83. The van der Waals surface area contributed by atoms with Gasteiger partial charge in [-0.25, -0.2) is 9.75 Å². The van der Waals surface area contributed by atoms with Crippen molar-refractivity contribution in [1.29, 1.82) is 0 Å². The molecule has 0 aliphatic carbocycles. The van der Waals surface area contributed by atoms with E-state index in [1.54, 1.807) is 13.8 Å². The van der Waals surface area contributed by atoms with Gasteiger partial charge in [-0.05, 0) is 20.3 Å². The maximum Gasteiger partial charge on any atom is 0.284 e. The summed E-state index contributed by atoms with van der Waals surface area (Å²) in [6.07, 6.45) is 0.307. The largest absolute Gasteiger partial charge is 0.284 e. The number of carbonyl (C=O) groups is 1. The predicted molar refractivity (Wildman–Crippen MR) is 93.6 cm³/mol. The molecule has 5 nitrogen and oxygen atoms in total. The first kappa shape index (κ1) is 19.5. The van der Waals surface area contributed by atoms with Crippen molar-refractivity contribution in [2.24, 2.45) is 7.05 Å². The number of hydroxylamine groups is 2. The van der Waals surface area contributed by atoms with Gasteiger partial charge < -0.3 is 0 Å². The first-order chi connectivity index (χ1) is 11.2. The number of carbonyl (C=O) groups excluding carboxylic acids is 1. The molecule has 132 valence electrons. The molecule has 0 N–H and O–H groups in total. The Morgan fingerprint density at radius 2 is 2.04 bits per heavy atom. The van der Waals surface area contributed by atoms with Crippen LogP contribution in [-0.2, 0) is 18.3 Å². The number of rotatable bonds is 5. The van der Waals surface area contributed by atoms with E-state index in [4.69, 9.17) is 39.6 Å². The number of amides is 1. The van der Waals surface area contributed by atoms with E-state index in [1.807, 2.05) is 0 Å². The molecule has 0 saturated carbocycles. The van der Waals surface area contributed by atoms with Gasteiger partial charge in [0.05, 0.1) is 28.2 Å². The van der Waals surface area contributed by atoms with Gasteiger partial charge in [0.15, 0.2) is 0 Å². The van der Waals surface area contributed by atoms with Gasteiger partial charge in [-0.1, -0.05) is 34.8 Å². The zero-order chi connectivity index (χ0) is 18.2. The summed E-state index contributed by atoms with van der Waals surface area (Å²) in [5, 5.41) is 5.33. The summed E-state index contributed by atoms with van der Waals surface area (Å²) in [7, 11) is 2.76. The van der Waals surface area contributed by atoms with Crippen molar-refractivity contribution >= 4 is 52.0 Å². The lowest BCUT2D eigenvalue weighted by molar-refractivity contribution is -0.119. The molecule has 2 heterocycles. The van der Waals surface area contributed by atoms with Crippen LogP contribution in [0.25, 0.3) is 0 Å². The monoisotopic (exact) mass is 413 g/mol. The number of aryl methyl sites for hydroxylation is 2. The third-order valence-electron chi connectivity index (χ3n) is 3.52. The Morgan fingerprint density at radius 3 is 2.46 bits per heavy atom. The Kier molecular flexibility index (Phi) is 6.14. The molecule has 0 bridgehead atoms. The highest BCUT2D eigenvalue weighted by atomic mass is 35.5. The van der Waals surface area contributed by atoms with Crippen LogP contribution in [0.4, 0.5) is 4.39 Å². The number of halogens is 4. The number of hydrogen-bond acceptors (Lipinski definition) is 4. The minimum Gasteiger partial charge on any atom is -0.274 e. The molecule has 0 aliphatic heterocycles. The standard InChI is InChI=1S/C14H15Cl3FN3O2S/c1-6(5-8-10(15)12(17)24-11(8)16)21(23-4)14(22)9-7(2)19-20(3)13(9)18/h6H,5H2,1-4H3. The smallest absolute Gasteiger partial charge is 0.274 e. The van der Waals surface area contributed by atoms with E-state index >= 15 is 0 Å². The molecule has 1 unspecified atom stereocenters. The van der Waals surface area contributed by atoms with Crippen LogP contribution in [0.2, 0.25) is 13.7 Å². The second-order valence-electron chi connectivity index (χ2n) is 5.18. The second kappa shape index (κ2) is 7.58. The fourth-order valence-corrected chi connectivity index (χ4v) is 4.32. The van der Waals surface area contributed by atoms with Gasteiger partial charge in [-0.2, -0.15) is 9.49 Å². The van der Waals surface area contributed by atoms with Crippen LogP contribution in [0, 0.1) is 12.9 Å². The highest BCUT2D eigenvalue weighted by molar-refractivity contribution is 7.20. The topological polar surface area (TPSA) is 47.4 Å². The Balaban J connectivity index is 2.28. The molecule has 0 saturated heterocycles. The van der Waals surface area contributed by atoms with Crippen LogP contribution in [-0.4, -0.2) is 33.9 Å². The second-order valence-corrected chi connectivity index (χ2v) is 7.79. The molecule has 2 rings (SSSR count). The predicted octanol–water partition coefficient (Wildman–Crippen LogP) is 4.52. The third kappa shape index (κ3) is 3.55. The zero-order valence-electron chi connectivity index (χ0n) is 13.4. The zero-order valence-corrected chi connectivity index (χ0v) is 16.4. The molecule has 1 amide bonds. The van der Waals surface area contributed by atoms with Gasteiger partial charge in [0.2, 0.25) is 5.95 Å². The maximum atomic E-state index is 14.1. The molecule has 0 aromatic carbocycles. The average molecular weight is 415 g/mol. The summed E-state index contributed by atoms with van der Waals surface area (Å²) in [6.45, 7) is 3.30. The molecule has 1 atom stereocenters. The molecule has 2 aromatic rings. The van der Waals surface area contributed by atoms with Gasteiger partial charge in [-0.3, -0.25) is 9.63 Å². The van der Waals surface area contributed by atoms with Crippen LogP contribution in [0.15, 0.2) is 0 Å². The van der Waals surface area contributed by atoms with Crippen molar-refractivity contribution in [3.05, 3.63) is 36.5 Å². The summed E-state index contributed by atoms with van der Waals surface area (Å²) in [5.74, 6) is -1.34. The van der Waals surface area contributed by atoms with Crippen molar-refractivity contribution in [2.45, 2.75) is 26.3 Å². The summed E-state index contributed by atoms with van der Waals surface area (Å²) >= 11 is 19.4. The fourth-order valence-electron chi connectivity index (χ4n) is 2.38. The SMILES string of the molecule is CON(C(=O)c1c(C)nn(C)c1F)C(C)Cc1c(Cl)sc(Cl)c1Cl. The first-order valence-electron chi connectivity index (χ1n) is 6.87. The summed E-state index contributed by atoms with van der Waals surface area (Å²) < 4.78 is 16.0. The van der Waals surface area contributed by atoms with Crippen LogP contribution >= 0.6 is 46.1 Å². The molecule has 0 spiro atoms. The van der Waals surface area contributed by atoms with Crippen LogP contribution in [0.1, 0.15) is 28.5 Å². The lowest BCUT2D eigenvalue weighted by Gasteiger charge is -2.26. The number of hydrogen-bond donors (Lipinski definition) is 0. The van der Waals surface area contributed by atoms with Crippen molar-refractivity contribution in [1.82, 2.24) is 14.8 Å². The van der Waals surface area contributed by atoms with Gasteiger partial charge in [0, 0.05) is 12.6 Å². The van der Waals surface area contributed by atoms with Gasteiger partial charge in [0.1, 0.15) is 9.90 Å². The summed E-state index contributed by atoms with van der Waals surface area (Å²) in [5.41, 5.74) is 0.773. The van der Waals surface area contributed by atoms with E-state index in [9.17, 15) is 9.18 Å². The van der Waals surface area contributed by atoms with E-state index in [-0.39, 0.29) is 11.3 Å². The number of aromatic nitrogens is 2.